The number of hydrogen-bond donors (Lipinski definition) is 1. The first kappa shape index (κ1) is 5.40. The van der Waals surface area contributed by atoms with Gasteiger partial charge in [-0.25, -0.2) is 0 Å². The Bertz CT molecular complexity index is 273. The molecular formula is C5H7N5. The minimum Gasteiger partial charge on any atom is -0.347 e. The Morgan fingerprint density at radius 3 is 3.50 bits per heavy atom. The van der Waals surface area contributed by atoms with Crippen molar-refractivity contribution in [1.29, 1.82) is 0 Å². The standard InChI is InChI=1S/C5H7N5/c1-4-2-6-5-8-7-3-10(5)9-4/h3H,2H2,1H3,(H,6,8). The molecule has 0 fully saturated rings. The molecule has 0 aliphatic carbocycles. The highest BCUT2D eigenvalue weighted by Crippen LogP contribution is 2.05. The zero-order valence-corrected chi connectivity index (χ0v) is 5.57. The second-order valence-electron chi connectivity index (χ2n) is 2.19. The highest BCUT2D eigenvalue weighted by atomic mass is 15.5. The minimum absolute atomic E-state index is 0.714. The summed E-state index contributed by atoms with van der Waals surface area (Å²) >= 11 is 0. The van der Waals surface area contributed by atoms with Crippen molar-refractivity contribution in [1.82, 2.24) is 14.9 Å². The molecule has 10 heavy (non-hydrogen) atoms. The topological polar surface area (TPSA) is 55.1 Å². The van der Waals surface area contributed by atoms with Gasteiger partial charge in [-0.1, -0.05) is 0 Å². The summed E-state index contributed by atoms with van der Waals surface area (Å²) in [6.45, 7) is 2.72. The highest BCUT2D eigenvalue weighted by Gasteiger charge is 2.07. The fraction of sp³-hybridized carbons (Fsp3) is 0.400. The number of rotatable bonds is 0. The van der Waals surface area contributed by atoms with Gasteiger partial charge in [0.15, 0.2) is 0 Å². The molecule has 2 heterocycles. The second kappa shape index (κ2) is 1.80. The Morgan fingerprint density at radius 2 is 2.60 bits per heavy atom. The first-order chi connectivity index (χ1) is 4.86. The van der Waals surface area contributed by atoms with Crippen LogP contribution in [0.5, 0.6) is 0 Å². The fourth-order valence-corrected chi connectivity index (χ4v) is 0.846. The summed E-state index contributed by atoms with van der Waals surface area (Å²) in [6.07, 6.45) is 1.57. The van der Waals surface area contributed by atoms with Crippen LogP contribution in [0.15, 0.2) is 11.4 Å². The molecular weight excluding hydrogens is 130 g/mol. The molecule has 5 heteroatoms. The molecule has 1 aromatic heterocycles. The van der Waals surface area contributed by atoms with Gasteiger partial charge >= 0.3 is 0 Å². The van der Waals surface area contributed by atoms with Gasteiger partial charge in [-0.3, -0.25) is 0 Å². The Morgan fingerprint density at radius 1 is 1.70 bits per heavy atom. The first-order valence-corrected chi connectivity index (χ1v) is 3.04. The van der Waals surface area contributed by atoms with E-state index in [9.17, 15) is 0 Å². The van der Waals surface area contributed by atoms with Crippen molar-refractivity contribution in [3.8, 4) is 0 Å². The van der Waals surface area contributed by atoms with Crippen molar-refractivity contribution in [2.24, 2.45) is 5.10 Å². The van der Waals surface area contributed by atoms with Crippen LogP contribution in [0, 0.1) is 0 Å². The molecule has 2 rings (SSSR count). The average Bonchev–Trinajstić information content (AvgIpc) is 2.33. The minimum atomic E-state index is 0.714. The molecule has 0 bridgehead atoms. The second-order valence-corrected chi connectivity index (χ2v) is 2.19. The molecule has 1 aliphatic rings. The lowest BCUT2D eigenvalue weighted by molar-refractivity contribution is 0.849. The maximum atomic E-state index is 4.15. The lowest BCUT2D eigenvalue weighted by atomic mass is 10.4. The molecule has 5 nitrogen and oxygen atoms in total. The maximum Gasteiger partial charge on any atom is 0.245 e. The van der Waals surface area contributed by atoms with Gasteiger partial charge in [-0.15, -0.1) is 10.2 Å². The molecule has 0 unspecified atom stereocenters. The van der Waals surface area contributed by atoms with Crippen molar-refractivity contribution in [3.63, 3.8) is 0 Å². The van der Waals surface area contributed by atoms with E-state index in [1.54, 1.807) is 11.0 Å². The van der Waals surface area contributed by atoms with Crippen LogP contribution in [0.4, 0.5) is 5.95 Å². The van der Waals surface area contributed by atoms with E-state index in [4.69, 9.17) is 0 Å². The van der Waals surface area contributed by atoms with E-state index in [1.165, 1.54) is 0 Å². The summed E-state index contributed by atoms with van der Waals surface area (Å²) < 4.78 is 1.62. The summed E-state index contributed by atoms with van der Waals surface area (Å²) in [5, 5.41) is 14.7. The van der Waals surface area contributed by atoms with Gasteiger partial charge < -0.3 is 5.32 Å². The predicted octanol–water partition coefficient (Wildman–Crippen LogP) is -0.0724. The van der Waals surface area contributed by atoms with Crippen LogP contribution in [0.3, 0.4) is 0 Å². The number of anilines is 1. The Hall–Kier alpha value is -1.39. The number of nitrogens with one attached hydrogen (secondary N) is 1. The molecule has 1 aromatic rings. The van der Waals surface area contributed by atoms with Crippen molar-refractivity contribution in [2.75, 3.05) is 11.9 Å². The van der Waals surface area contributed by atoms with Crippen LogP contribution >= 0.6 is 0 Å². The summed E-state index contributed by atoms with van der Waals surface area (Å²) in [5.41, 5.74) is 1.03. The van der Waals surface area contributed by atoms with E-state index in [2.05, 4.69) is 20.6 Å². The van der Waals surface area contributed by atoms with Crippen molar-refractivity contribution >= 4 is 11.7 Å². The molecule has 52 valence electrons. The zero-order valence-electron chi connectivity index (χ0n) is 5.57. The van der Waals surface area contributed by atoms with Crippen LogP contribution < -0.4 is 5.32 Å². The van der Waals surface area contributed by atoms with Crippen LogP contribution in [-0.4, -0.2) is 27.1 Å². The summed E-state index contributed by atoms with van der Waals surface area (Å²) in [4.78, 5) is 0. The van der Waals surface area contributed by atoms with Crippen LogP contribution in [-0.2, 0) is 0 Å². The van der Waals surface area contributed by atoms with Gasteiger partial charge in [-0.05, 0) is 6.92 Å². The molecule has 1 aliphatic heterocycles. The quantitative estimate of drug-likeness (QED) is 0.544. The van der Waals surface area contributed by atoms with E-state index in [-0.39, 0.29) is 0 Å². The van der Waals surface area contributed by atoms with E-state index in [0.29, 0.717) is 5.95 Å². The van der Waals surface area contributed by atoms with Crippen molar-refractivity contribution in [3.05, 3.63) is 6.33 Å². The first-order valence-electron chi connectivity index (χ1n) is 3.04. The number of nitrogens with zero attached hydrogens (tertiary/aromatic N) is 4. The van der Waals surface area contributed by atoms with Gasteiger partial charge in [0.25, 0.3) is 0 Å². The monoisotopic (exact) mass is 137 g/mol. The third-order valence-corrected chi connectivity index (χ3v) is 1.31. The molecule has 0 saturated carbocycles. The Balaban J connectivity index is 2.50. The van der Waals surface area contributed by atoms with Gasteiger partial charge in [0, 0.05) is 0 Å². The van der Waals surface area contributed by atoms with Crippen LogP contribution in [0.25, 0.3) is 0 Å². The predicted molar refractivity (Wildman–Crippen MR) is 37.0 cm³/mol. The summed E-state index contributed by atoms with van der Waals surface area (Å²) in [6, 6.07) is 0. The van der Waals surface area contributed by atoms with Gasteiger partial charge in [-0.2, -0.15) is 9.78 Å². The lowest BCUT2D eigenvalue weighted by Crippen LogP contribution is -2.19. The summed E-state index contributed by atoms with van der Waals surface area (Å²) in [5.74, 6) is 0.714. The zero-order chi connectivity index (χ0) is 6.97. The number of hydrogen-bond acceptors (Lipinski definition) is 4. The molecule has 0 aromatic carbocycles. The summed E-state index contributed by atoms with van der Waals surface area (Å²) in [7, 11) is 0. The van der Waals surface area contributed by atoms with Crippen molar-refractivity contribution < 1.29 is 0 Å². The van der Waals surface area contributed by atoms with Crippen molar-refractivity contribution in [2.45, 2.75) is 6.92 Å². The van der Waals surface area contributed by atoms with Gasteiger partial charge in [0.1, 0.15) is 6.33 Å². The normalized spacial score (nSPS) is 15.5. The molecule has 0 spiro atoms. The lowest BCUT2D eigenvalue weighted by Gasteiger charge is -2.10. The highest BCUT2D eigenvalue weighted by molar-refractivity contribution is 5.86. The van der Waals surface area contributed by atoms with E-state index >= 15 is 0 Å². The molecule has 0 radical (unpaired) electrons. The van der Waals surface area contributed by atoms with E-state index in [0.717, 1.165) is 12.3 Å². The van der Waals surface area contributed by atoms with Crippen LogP contribution in [0.1, 0.15) is 6.92 Å². The largest absolute Gasteiger partial charge is 0.347 e. The van der Waals surface area contributed by atoms with Gasteiger partial charge in [0.2, 0.25) is 5.95 Å². The molecule has 0 atom stereocenters. The SMILES string of the molecule is CC1=Nn2cnnc2NC1. The van der Waals surface area contributed by atoms with E-state index in [1.807, 2.05) is 6.92 Å². The number of fused-ring (bicyclic) bond motifs is 1. The molecule has 1 N–H and O–H groups in total. The van der Waals surface area contributed by atoms with Crippen LogP contribution in [0.2, 0.25) is 0 Å². The third-order valence-electron chi connectivity index (χ3n) is 1.31. The number of aromatic nitrogens is 3. The molecule has 0 amide bonds. The smallest absolute Gasteiger partial charge is 0.245 e. The maximum absolute atomic E-state index is 4.15. The average molecular weight is 137 g/mol. The Kier molecular flexibility index (Phi) is 0.969. The van der Waals surface area contributed by atoms with E-state index < -0.39 is 0 Å². The third kappa shape index (κ3) is 0.671. The Labute approximate surface area is 57.8 Å². The molecule has 0 saturated heterocycles. The fourth-order valence-electron chi connectivity index (χ4n) is 0.846. The van der Waals surface area contributed by atoms with Gasteiger partial charge in [0.05, 0.1) is 12.3 Å².